The Labute approximate surface area is 85.0 Å². The van der Waals surface area contributed by atoms with Crippen LogP contribution in [0.4, 0.5) is 0 Å². The van der Waals surface area contributed by atoms with Crippen molar-refractivity contribution >= 4 is 0 Å². The van der Waals surface area contributed by atoms with Crippen LogP contribution in [0.25, 0.3) is 0 Å². The van der Waals surface area contributed by atoms with Gasteiger partial charge in [-0.2, -0.15) is 0 Å². The molecule has 1 rings (SSSR count). The fourth-order valence-electron chi connectivity index (χ4n) is 1.35. The molecule has 3 heteroatoms. The highest BCUT2D eigenvalue weighted by molar-refractivity contribution is 5.29. The molecule has 1 N–H and O–H groups in total. The van der Waals surface area contributed by atoms with Crippen LogP contribution in [0.1, 0.15) is 11.6 Å². The summed E-state index contributed by atoms with van der Waals surface area (Å²) in [6.45, 7) is 0.669. The lowest BCUT2D eigenvalue weighted by Crippen LogP contribution is -2.20. The normalized spacial score (nSPS) is 12.5. The zero-order valence-electron chi connectivity index (χ0n) is 8.91. The fraction of sp³-hybridized carbons (Fsp3) is 0.455. The Bertz CT molecular complexity index is 258. The van der Waals surface area contributed by atoms with Gasteiger partial charge in [0, 0.05) is 7.11 Å². The van der Waals surface area contributed by atoms with Gasteiger partial charge in [-0.3, -0.25) is 0 Å². The van der Waals surface area contributed by atoms with E-state index in [1.54, 1.807) is 14.2 Å². The highest BCUT2D eigenvalue weighted by atomic mass is 16.5. The maximum absolute atomic E-state index is 5.11. The summed E-state index contributed by atoms with van der Waals surface area (Å²) in [6.07, 6.45) is 0. The average molecular weight is 195 g/mol. The number of nitrogens with one attached hydrogen (secondary N) is 1. The summed E-state index contributed by atoms with van der Waals surface area (Å²) in [4.78, 5) is 0. The fourth-order valence-corrected chi connectivity index (χ4v) is 1.35. The van der Waals surface area contributed by atoms with Crippen LogP contribution in [0.15, 0.2) is 24.3 Å². The van der Waals surface area contributed by atoms with Gasteiger partial charge in [0.25, 0.3) is 0 Å². The topological polar surface area (TPSA) is 30.5 Å². The van der Waals surface area contributed by atoms with Gasteiger partial charge in [-0.15, -0.1) is 0 Å². The quantitative estimate of drug-likeness (QED) is 0.774. The molecule has 0 unspecified atom stereocenters. The molecule has 1 atom stereocenters. The van der Waals surface area contributed by atoms with Crippen molar-refractivity contribution in [2.45, 2.75) is 6.04 Å². The Hall–Kier alpha value is -1.06. The zero-order chi connectivity index (χ0) is 10.4. The minimum atomic E-state index is 0.242. The van der Waals surface area contributed by atoms with Gasteiger partial charge in [-0.05, 0) is 24.7 Å². The summed E-state index contributed by atoms with van der Waals surface area (Å²) in [7, 11) is 5.29. The van der Waals surface area contributed by atoms with Crippen LogP contribution < -0.4 is 10.1 Å². The first-order valence-electron chi connectivity index (χ1n) is 4.62. The largest absolute Gasteiger partial charge is 0.497 e. The molecule has 0 bridgehead atoms. The summed E-state index contributed by atoms with van der Waals surface area (Å²) < 4.78 is 10.2. The van der Waals surface area contributed by atoms with Crippen LogP contribution in [0, 0.1) is 0 Å². The molecule has 0 spiro atoms. The summed E-state index contributed by atoms with van der Waals surface area (Å²) in [5.74, 6) is 0.876. The Kier molecular flexibility index (Phi) is 4.43. The third kappa shape index (κ3) is 2.72. The van der Waals surface area contributed by atoms with Crippen LogP contribution in [0.5, 0.6) is 5.75 Å². The van der Waals surface area contributed by atoms with Crippen molar-refractivity contribution in [3.8, 4) is 5.75 Å². The zero-order valence-corrected chi connectivity index (χ0v) is 8.91. The SMILES string of the molecule is CN[C@H](COC)c1ccc(OC)cc1. The van der Waals surface area contributed by atoms with E-state index in [-0.39, 0.29) is 6.04 Å². The van der Waals surface area contributed by atoms with E-state index in [0.717, 1.165) is 5.75 Å². The molecule has 0 saturated heterocycles. The van der Waals surface area contributed by atoms with Crippen LogP contribution in [0.2, 0.25) is 0 Å². The molecule has 0 aliphatic heterocycles. The lowest BCUT2D eigenvalue weighted by molar-refractivity contribution is 0.170. The molecular formula is C11H17NO2. The van der Waals surface area contributed by atoms with Gasteiger partial charge in [0.15, 0.2) is 0 Å². The minimum Gasteiger partial charge on any atom is -0.497 e. The van der Waals surface area contributed by atoms with Gasteiger partial charge in [-0.1, -0.05) is 12.1 Å². The van der Waals surface area contributed by atoms with Crippen LogP contribution in [-0.4, -0.2) is 27.9 Å². The second-order valence-electron chi connectivity index (χ2n) is 3.07. The van der Waals surface area contributed by atoms with E-state index in [4.69, 9.17) is 9.47 Å². The third-order valence-electron chi connectivity index (χ3n) is 2.20. The molecule has 0 amide bonds. The van der Waals surface area contributed by atoms with E-state index in [0.29, 0.717) is 6.61 Å². The van der Waals surface area contributed by atoms with Gasteiger partial charge in [0.1, 0.15) is 5.75 Å². The smallest absolute Gasteiger partial charge is 0.118 e. The van der Waals surface area contributed by atoms with Crippen LogP contribution in [-0.2, 0) is 4.74 Å². The second-order valence-corrected chi connectivity index (χ2v) is 3.07. The number of likely N-dealkylation sites (N-methyl/N-ethyl adjacent to an activating group) is 1. The summed E-state index contributed by atoms with van der Waals surface area (Å²) in [5, 5.41) is 3.19. The molecule has 14 heavy (non-hydrogen) atoms. The molecule has 0 radical (unpaired) electrons. The molecule has 3 nitrogen and oxygen atoms in total. The Morgan fingerprint density at radius 2 is 1.86 bits per heavy atom. The van der Waals surface area contributed by atoms with Crippen LogP contribution in [0.3, 0.4) is 0 Å². The standard InChI is InChI=1S/C11H17NO2/c1-12-11(8-13-2)9-4-6-10(14-3)7-5-9/h4-7,11-12H,8H2,1-3H3/t11-/m1/s1. The maximum Gasteiger partial charge on any atom is 0.118 e. The first-order chi connectivity index (χ1) is 6.81. The van der Waals surface area contributed by atoms with Crippen molar-refractivity contribution in [3.05, 3.63) is 29.8 Å². The molecule has 0 fully saturated rings. The molecule has 0 saturated carbocycles. The van der Waals surface area contributed by atoms with E-state index in [2.05, 4.69) is 5.32 Å². The van der Waals surface area contributed by atoms with E-state index < -0.39 is 0 Å². The third-order valence-corrected chi connectivity index (χ3v) is 2.20. The molecule has 0 aliphatic rings. The predicted octanol–water partition coefficient (Wildman–Crippen LogP) is 1.60. The summed E-state index contributed by atoms with van der Waals surface area (Å²) >= 11 is 0. The lowest BCUT2D eigenvalue weighted by Gasteiger charge is -2.15. The van der Waals surface area contributed by atoms with Crippen molar-refractivity contribution < 1.29 is 9.47 Å². The molecule has 1 aromatic carbocycles. The number of benzene rings is 1. The van der Waals surface area contributed by atoms with E-state index in [9.17, 15) is 0 Å². The van der Waals surface area contributed by atoms with Crippen molar-refractivity contribution in [1.29, 1.82) is 0 Å². The summed E-state index contributed by atoms with van der Waals surface area (Å²) in [5.41, 5.74) is 1.20. The second kappa shape index (κ2) is 5.62. The number of hydrogen-bond acceptors (Lipinski definition) is 3. The Morgan fingerprint density at radius 3 is 2.29 bits per heavy atom. The Morgan fingerprint density at radius 1 is 1.21 bits per heavy atom. The molecule has 0 aromatic heterocycles. The first kappa shape index (κ1) is 11.0. The molecular weight excluding hydrogens is 178 g/mol. The number of rotatable bonds is 5. The minimum absolute atomic E-state index is 0.242. The number of ether oxygens (including phenoxy) is 2. The maximum atomic E-state index is 5.11. The molecule has 0 heterocycles. The predicted molar refractivity (Wildman–Crippen MR) is 56.7 cm³/mol. The van der Waals surface area contributed by atoms with Crippen LogP contribution >= 0.6 is 0 Å². The van der Waals surface area contributed by atoms with Gasteiger partial charge >= 0.3 is 0 Å². The average Bonchev–Trinajstić information content (AvgIpc) is 2.26. The Balaban J connectivity index is 2.73. The van der Waals surface area contributed by atoms with E-state index in [1.807, 2.05) is 31.3 Å². The van der Waals surface area contributed by atoms with Gasteiger partial charge in [0.05, 0.1) is 19.8 Å². The number of hydrogen-bond donors (Lipinski definition) is 1. The van der Waals surface area contributed by atoms with Crippen molar-refractivity contribution in [3.63, 3.8) is 0 Å². The monoisotopic (exact) mass is 195 g/mol. The number of methoxy groups -OCH3 is 2. The van der Waals surface area contributed by atoms with Gasteiger partial charge in [-0.25, -0.2) is 0 Å². The highest BCUT2D eigenvalue weighted by Crippen LogP contribution is 2.17. The summed E-state index contributed by atoms with van der Waals surface area (Å²) in [6, 6.07) is 8.23. The van der Waals surface area contributed by atoms with Gasteiger partial charge in [0.2, 0.25) is 0 Å². The van der Waals surface area contributed by atoms with Gasteiger partial charge < -0.3 is 14.8 Å². The molecule has 78 valence electrons. The van der Waals surface area contributed by atoms with Crippen molar-refractivity contribution in [2.75, 3.05) is 27.9 Å². The molecule has 0 aliphatic carbocycles. The van der Waals surface area contributed by atoms with E-state index in [1.165, 1.54) is 5.56 Å². The molecule has 1 aromatic rings. The van der Waals surface area contributed by atoms with Crippen molar-refractivity contribution in [1.82, 2.24) is 5.32 Å². The van der Waals surface area contributed by atoms with Crippen molar-refractivity contribution in [2.24, 2.45) is 0 Å². The lowest BCUT2D eigenvalue weighted by atomic mass is 10.1. The highest BCUT2D eigenvalue weighted by Gasteiger charge is 2.07. The van der Waals surface area contributed by atoms with E-state index >= 15 is 0 Å². The first-order valence-corrected chi connectivity index (χ1v) is 4.62.